The van der Waals surface area contributed by atoms with Crippen LogP contribution in [0.4, 0.5) is 0 Å². The number of carbonyl (C=O) groups is 3. The van der Waals surface area contributed by atoms with Gasteiger partial charge in [-0.25, -0.2) is 0 Å². The second-order valence-electron chi connectivity index (χ2n) is 10.1. The molecule has 3 heterocycles. The third-order valence-electron chi connectivity index (χ3n) is 8.41. The van der Waals surface area contributed by atoms with E-state index in [1.165, 1.54) is 4.90 Å². The van der Waals surface area contributed by atoms with Crippen molar-refractivity contribution in [2.75, 3.05) is 13.2 Å². The number of ether oxygens (including phenoxy) is 1. The van der Waals surface area contributed by atoms with Crippen LogP contribution in [-0.2, 0) is 19.1 Å². The first-order valence-corrected chi connectivity index (χ1v) is 12.0. The summed E-state index contributed by atoms with van der Waals surface area (Å²) in [5.74, 6) is -3.54. The fraction of sp³-hybridized carbons (Fsp3) is 0.792. The number of carboxylic acids is 1. The summed E-state index contributed by atoms with van der Waals surface area (Å²) in [5, 5.41) is 20.1. The summed E-state index contributed by atoms with van der Waals surface area (Å²) in [6, 6.07) is -1.41. The Balaban J connectivity index is 1.79. The summed E-state index contributed by atoms with van der Waals surface area (Å²) in [6.07, 6.45) is 8.20. The Morgan fingerprint density at radius 3 is 2.56 bits per heavy atom. The molecule has 8 nitrogen and oxygen atoms in total. The number of fused-ring (bicyclic) bond motifs is 1. The number of aliphatic hydroxyl groups excluding tert-OH is 1. The lowest BCUT2D eigenvalue weighted by Gasteiger charge is -2.42. The molecule has 3 saturated heterocycles. The number of aliphatic hydroxyl groups is 1. The van der Waals surface area contributed by atoms with Gasteiger partial charge in [-0.2, -0.15) is 0 Å². The molecule has 1 saturated carbocycles. The van der Waals surface area contributed by atoms with Crippen molar-refractivity contribution >= 4 is 17.8 Å². The number of hydrogen-bond donors (Lipinski definition) is 2. The molecule has 0 aromatic rings. The molecule has 2 amide bonds. The first kappa shape index (κ1) is 23.2. The second kappa shape index (κ2) is 8.45. The first-order chi connectivity index (χ1) is 15.3. The van der Waals surface area contributed by atoms with Gasteiger partial charge in [0.2, 0.25) is 11.8 Å². The van der Waals surface area contributed by atoms with Crippen LogP contribution in [0, 0.1) is 11.8 Å². The van der Waals surface area contributed by atoms with Crippen LogP contribution in [0.1, 0.15) is 65.2 Å². The van der Waals surface area contributed by atoms with Crippen LogP contribution in [0.5, 0.6) is 0 Å². The van der Waals surface area contributed by atoms with Crippen LogP contribution in [0.2, 0.25) is 0 Å². The van der Waals surface area contributed by atoms with E-state index in [-0.39, 0.29) is 24.5 Å². The number of aliphatic carboxylic acids is 1. The Morgan fingerprint density at radius 2 is 2.00 bits per heavy atom. The molecular weight excluding hydrogens is 412 g/mol. The molecule has 8 heteroatoms. The normalized spacial score (nSPS) is 37.4. The standard InChI is InChI=1S/C24H36N2O6/c1-4-13-25(16-9-7-6-8-10-16)21(29)19-24-12-11-23(3,32-24)18(22(30)31)17(24)20(28)26(19)15(5-2)14-27/h4,15-19,27H,1,5-14H2,2-3H3,(H,30,31)/t15-,17-,18-,19?,23+,24?/m0/s1. The van der Waals surface area contributed by atoms with Gasteiger partial charge in [-0.05, 0) is 39.0 Å². The smallest absolute Gasteiger partial charge is 0.310 e. The Labute approximate surface area is 189 Å². The van der Waals surface area contributed by atoms with E-state index in [4.69, 9.17) is 4.74 Å². The molecule has 2 bridgehead atoms. The van der Waals surface area contributed by atoms with E-state index in [1.54, 1.807) is 13.0 Å². The maximum atomic E-state index is 14.2. The Morgan fingerprint density at radius 1 is 1.31 bits per heavy atom. The Kier molecular flexibility index (Phi) is 6.13. The highest BCUT2D eigenvalue weighted by Crippen LogP contribution is 2.63. The van der Waals surface area contributed by atoms with Crippen molar-refractivity contribution in [1.29, 1.82) is 0 Å². The van der Waals surface area contributed by atoms with Crippen LogP contribution < -0.4 is 0 Å². The summed E-state index contributed by atoms with van der Waals surface area (Å²) < 4.78 is 6.44. The maximum absolute atomic E-state index is 14.2. The minimum atomic E-state index is -1.16. The number of carboxylic acid groups (broad SMARTS) is 1. The van der Waals surface area contributed by atoms with Crippen molar-refractivity contribution in [2.24, 2.45) is 11.8 Å². The van der Waals surface area contributed by atoms with E-state index in [0.717, 1.165) is 32.1 Å². The molecule has 1 aliphatic carbocycles. The number of rotatable bonds is 8. The van der Waals surface area contributed by atoms with Gasteiger partial charge in [-0.3, -0.25) is 14.4 Å². The SMILES string of the molecule is C=CCN(C(=O)C1N([C@@H](CC)CO)C(=O)[C@@H]2[C@@H](C(=O)O)[C@@]3(C)CCC12O3)C1CCCCC1. The highest BCUT2D eigenvalue weighted by Gasteiger charge is 2.78. The molecule has 4 rings (SSSR count). The van der Waals surface area contributed by atoms with Gasteiger partial charge in [0.15, 0.2) is 0 Å². The van der Waals surface area contributed by atoms with Gasteiger partial charge in [0, 0.05) is 12.6 Å². The van der Waals surface area contributed by atoms with Gasteiger partial charge in [-0.15, -0.1) is 6.58 Å². The molecular formula is C24H36N2O6. The van der Waals surface area contributed by atoms with Crippen molar-refractivity contribution in [3.63, 3.8) is 0 Å². The van der Waals surface area contributed by atoms with Gasteiger partial charge in [0.1, 0.15) is 11.6 Å². The predicted octanol–water partition coefficient (Wildman–Crippen LogP) is 1.95. The molecule has 4 aliphatic rings. The summed E-state index contributed by atoms with van der Waals surface area (Å²) in [6.45, 7) is 7.54. The van der Waals surface area contributed by atoms with Gasteiger partial charge < -0.3 is 24.7 Å². The van der Waals surface area contributed by atoms with Gasteiger partial charge in [-0.1, -0.05) is 32.3 Å². The average molecular weight is 449 g/mol. The summed E-state index contributed by atoms with van der Waals surface area (Å²) in [4.78, 5) is 43.5. The number of amides is 2. The zero-order valence-corrected chi connectivity index (χ0v) is 19.2. The molecule has 1 spiro atoms. The topological polar surface area (TPSA) is 107 Å². The number of carbonyl (C=O) groups excluding carboxylic acids is 2. The van der Waals surface area contributed by atoms with Crippen molar-refractivity contribution < 1.29 is 29.3 Å². The van der Waals surface area contributed by atoms with Crippen LogP contribution in [0.15, 0.2) is 12.7 Å². The van der Waals surface area contributed by atoms with Gasteiger partial charge in [0.25, 0.3) is 0 Å². The molecule has 6 atom stereocenters. The molecule has 3 aliphatic heterocycles. The van der Waals surface area contributed by atoms with Gasteiger partial charge >= 0.3 is 5.97 Å². The fourth-order valence-corrected chi connectivity index (χ4v) is 6.93. The third-order valence-corrected chi connectivity index (χ3v) is 8.41. The van der Waals surface area contributed by atoms with Crippen LogP contribution in [-0.4, -0.2) is 80.3 Å². The molecule has 32 heavy (non-hydrogen) atoms. The van der Waals surface area contributed by atoms with E-state index in [1.807, 2.05) is 11.8 Å². The largest absolute Gasteiger partial charge is 0.481 e. The molecule has 178 valence electrons. The molecule has 0 aromatic heterocycles. The zero-order valence-electron chi connectivity index (χ0n) is 19.2. The maximum Gasteiger partial charge on any atom is 0.310 e. The molecule has 0 aromatic carbocycles. The van der Waals surface area contributed by atoms with E-state index >= 15 is 0 Å². The van der Waals surface area contributed by atoms with Crippen LogP contribution >= 0.6 is 0 Å². The predicted molar refractivity (Wildman–Crippen MR) is 117 cm³/mol. The van der Waals surface area contributed by atoms with Crippen molar-refractivity contribution in [2.45, 2.75) is 94.5 Å². The van der Waals surface area contributed by atoms with Crippen molar-refractivity contribution in [1.82, 2.24) is 9.80 Å². The lowest BCUT2D eigenvalue weighted by molar-refractivity contribution is -0.159. The van der Waals surface area contributed by atoms with E-state index in [2.05, 4.69) is 6.58 Å². The van der Waals surface area contributed by atoms with E-state index < -0.39 is 41.1 Å². The number of nitrogens with zero attached hydrogens (tertiary/aromatic N) is 2. The molecule has 0 radical (unpaired) electrons. The summed E-state index contributed by atoms with van der Waals surface area (Å²) in [7, 11) is 0. The lowest BCUT2D eigenvalue weighted by Crippen LogP contribution is -2.60. The monoisotopic (exact) mass is 448 g/mol. The third kappa shape index (κ3) is 3.21. The quantitative estimate of drug-likeness (QED) is 0.550. The minimum absolute atomic E-state index is 0.0697. The van der Waals surface area contributed by atoms with Crippen molar-refractivity contribution in [3.05, 3.63) is 12.7 Å². The molecule has 4 fully saturated rings. The fourth-order valence-electron chi connectivity index (χ4n) is 6.93. The second-order valence-corrected chi connectivity index (χ2v) is 10.1. The summed E-state index contributed by atoms with van der Waals surface area (Å²) >= 11 is 0. The highest BCUT2D eigenvalue weighted by atomic mass is 16.5. The Bertz CT molecular complexity index is 791. The Hall–Kier alpha value is -1.93. The lowest BCUT2D eigenvalue weighted by atomic mass is 9.66. The van der Waals surface area contributed by atoms with Crippen LogP contribution in [0.3, 0.4) is 0 Å². The van der Waals surface area contributed by atoms with E-state index in [9.17, 15) is 24.6 Å². The van der Waals surface area contributed by atoms with Crippen LogP contribution in [0.25, 0.3) is 0 Å². The molecule has 2 unspecified atom stereocenters. The number of hydrogen-bond acceptors (Lipinski definition) is 5. The average Bonchev–Trinajstić information content (AvgIpc) is 3.34. The number of likely N-dealkylation sites (tertiary alicyclic amines) is 1. The van der Waals surface area contributed by atoms with Crippen molar-refractivity contribution in [3.8, 4) is 0 Å². The van der Waals surface area contributed by atoms with E-state index in [0.29, 0.717) is 25.8 Å². The zero-order chi connectivity index (χ0) is 23.3. The minimum Gasteiger partial charge on any atom is -0.481 e. The van der Waals surface area contributed by atoms with Gasteiger partial charge in [0.05, 0.1) is 30.1 Å². The summed E-state index contributed by atoms with van der Waals surface area (Å²) in [5.41, 5.74) is -2.13. The molecule has 2 N–H and O–H groups in total. The highest BCUT2D eigenvalue weighted by molar-refractivity contribution is 5.98. The first-order valence-electron chi connectivity index (χ1n) is 12.0.